The van der Waals surface area contributed by atoms with Crippen LogP contribution in [-0.4, -0.2) is 30.6 Å². The van der Waals surface area contributed by atoms with Gasteiger partial charge in [0.1, 0.15) is 5.69 Å². The van der Waals surface area contributed by atoms with Crippen LogP contribution in [0.5, 0.6) is 0 Å². The molecule has 21 heavy (non-hydrogen) atoms. The van der Waals surface area contributed by atoms with Crippen molar-refractivity contribution in [2.24, 2.45) is 5.92 Å². The zero-order valence-electron chi connectivity index (χ0n) is 11.8. The lowest BCUT2D eigenvalue weighted by Gasteiger charge is -2.32. The monoisotopic (exact) mass is 404 g/mol. The van der Waals surface area contributed by atoms with Gasteiger partial charge in [0.2, 0.25) is 0 Å². The van der Waals surface area contributed by atoms with E-state index < -0.39 is 0 Å². The first-order valence-electron chi connectivity index (χ1n) is 6.88. The normalized spacial score (nSPS) is 18.4. The van der Waals surface area contributed by atoms with E-state index in [1.165, 1.54) is 0 Å². The fourth-order valence-electron chi connectivity index (χ4n) is 2.56. The Morgan fingerprint density at radius 3 is 3.00 bits per heavy atom. The number of nitro benzene ring substituents is 1. The number of carbonyl (C=O) groups excluding carboxylic acids is 1. The molecule has 1 saturated heterocycles. The van der Waals surface area contributed by atoms with Crippen LogP contribution >= 0.6 is 22.6 Å². The highest BCUT2D eigenvalue weighted by Gasteiger charge is 2.30. The maximum atomic E-state index is 11.9. The van der Waals surface area contributed by atoms with Crippen LogP contribution in [0.4, 0.5) is 11.4 Å². The summed E-state index contributed by atoms with van der Waals surface area (Å²) in [6.07, 6.45) is 1.60. The van der Waals surface area contributed by atoms with Crippen molar-refractivity contribution in [2.45, 2.75) is 19.8 Å². The smallest absolute Gasteiger partial charge is 0.310 e. The Labute approximate surface area is 136 Å². The highest BCUT2D eigenvalue weighted by Crippen LogP contribution is 2.33. The average molecular weight is 404 g/mol. The molecule has 1 unspecified atom stereocenters. The van der Waals surface area contributed by atoms with Gasteiger partial charge in [-0.3, -0.25) is 14.9 Å². The molecule has 0 radical (unpaired) electrons. The predicted octanol–water partition coefficient (Wildman–Crippen LogP) is 2.98. The number of halogens is 1. The third-order valence-electron chi connectivity index (χ3n) is 3.52. The summed E-state index contributed by atoms with van der Waals surface area (Å²) in [4.78, 5) is 24.6. The van der Waals surface area contributed by atoms with Crippen LogP contribution in [-0.2, 0) is 9.53 Å². The van der Waals surface area contributed by atoms with Crippen molar-refractivity contribution in [3.63, 3.8) is 0 Å². The van der Waals surface area contributed by atoms with Gasteiger partial charge in [0, 0.05) is 22.7 Å². The lowest BCUT2D eigenvalue weighted by molar-refractivity contribution is -0.384. The van der Waals surface area contributed by atoms with Gasteiger partial charge in [-0.05, 0) is 54.5 Å². The molecule has 2 rings (SSSR count). The zero-order chi connectivity index (χ0) is 15.4. The van der Waals surface area contributed by atoms with Gasteiger partial charge >= 0.3 is 5.97 Å². The van der Waals surface area contributed by atoms with Crippen LogP contribution in [0.1, 0.15) is 19.8 Å². The highest BCUT2D eigenvalue weighted by molar-refractivity contribution is 14.1. The van der Waals surface area contributed by atoms with E-state index in [9.17, 15) is 14.9 Å². The summed E-state index contributed by atoms with van der Waals surface area (Å²) in [6.45, 7) is 3.33. The first-order valence-corrected chi connectivity index (χ1v) is 7.96. The molecule has 0 amide bonds. The number of nitro groups is 1. The number of ether oxygens (including phenoxy) is 1. The fourth-order valence-corrected chi connectivity index (χ4v) is 3.03. The van der Waals surface area contributed by atoms with Gasteiger partial charge in [-0.15, -0.1) is 0 Å². The molecule has 1 heterocycles. The van der Waals surface area contributed by atoms with E-state index in [-0.39, 0.29) is 22.5 Å². The summed E-state index contributed by atoms with van der Waals surface area (Å²) in [7, 11) is 0. The molecule has 0 saturated carbocycles. The second-order valence-corrected chi connectivity index (χ2v) is 6.17. The summed E-state index contributed by atoms with van der Waals surface area (Å²) in [6, 6.07) is 5.16. The van der Waals surface area contributed by atoms with Gasteiger partial charge in [0.25, 0.3) is 5.69 Å². The van der Waals surface area contributed by atoms with E-state index in [2.05, 4.69) is 22.6 Å². The number of benzene rings is 1. The Morgan fingerprint density at radius 2 is 2.33 bits per heavy atom. The second kappa shape index (κ2) is 7.06. The van der Waals surface area contributed by atoms with Crippen molar-refractivity contribution < 1.29 is 14.5 Å². The standard InChI is InChI=1S/C14H17IN2O4/c1-2-21-14(18)10-4-3-7-16(9-10)12-6-5-11(15)8-13(12)17(19)20/h5-6,8,10H,2-4,7,9H2,1H3. The number of hydrogen-bond donors (Lipinski definition) is 0. The fraction of sp³-hybridized carbons (Fsp3) is 0.500. The molecule has 1 aromatic rings. The van der Waals surface area contributed by atoms with E-state index >= 15 is 0 Å². The third-order valence-corrected chi connectivity index (χ3v) is 4.19. The number of hydrogen-bond acceptors (Lipinski definition) is 5. The molecule has 1 aliphatic heterocycles. The number of carbonyl (C=O) groups is 1. The maximum absolute atomic E-state index is 11.9. The number of anilines is 1. The van der Waals surface area contributed by atoms with Gasteiger partial charge in [-0.2, -0.15) is 0 Å². The van der Waals surface area contributed by atoms with Crippen LogP contribution in [0.15, 0.2) is 18.2 Å². The van der Waals surface area contributed by atoms with Gasteiger partial charge in [-0.1, -0.05) is 0 Å². The number of piperidine rings is 1. The summed E-state index contributed by atoms with van der Waals surface area (Å²) in [5.74, 6) is -0.423. The largest absolute Gasteiger partial charge is 0.466 e. The molecule has 1 fully saturated rings. The minimum atomic E-state index is -0.370. The molecule has 0 aromatic heterocycles. The summed E-state index contributed by atoms with van der Waals surface area (Å²) in [5, 5.41) is 11.2. The molecule has 0 aliphatic carbocycles. The molecule has 7 heteroatoms. The molecule has 6 nitrogen and oxygen atoms in total. The number of nitrogens with zero attached hydrogens (tertiary/aromatic N) is 2. The van der Waals surface area contributed by atoms with E-state index in [0.717, 1.165) is 23.0 Å². The van der Waals surface area contributed by atoms with Crippen LogP contribution in [0, 0.1) is 19.6 Å². The first kappa shape index (κ1) is 16.0. The Hall–Kier alpha value is -1.38. The molecular formula is C14H17IN2O4. The molecule has 114 valence electrons. The van der Waals surface area contributed by atoms with Crippen LogP contribution < -0.4 is 4.90 Å². The third kappa shape index (κ3) is 3.84. The number of esters is 1. The minimum absolute atomic E-state index is 0.0893. The minimum Gasteiger partial charge on any atom is -0.466 e. The average Bonchev–Trinajstić information content (AvgIpc) is 2.47. The van der Waals surface area contributed by atoms with Crippen molar-refractivity contribution in [2.75, 3.05) is 24.6 Å². The van der Waals surface area contributed by atoms with Gasteiger partial charge in [0.15, 0.2) is 0 Å². The molecule has 0 N–H and O–H groups in total. The van der Waals surface area contributed by atoms with E-state index in [1.54, 1.807) is 19.1 Å². The Morgan fingerprint density at radius 1 is 1.57 bits per heavy atom. The predicted molar refractivity (Wildman–Crippen MR) is 87.4 cm³/mol. The lowest BCUT2D eigenvalue weighted by Crippen LogP contribution is -2.39. The molecule has 0 spiro atoms. The van der Waals surface area contributed by atoms with Gasteiger partial charge in [0.05, 0.1) is 17.4 Å². The van der Waals surface area contributed by atoms with Crippen LogP contribution in [0.25, 0.3) is 0 Å². The van der Waals surface area contributed by atoms with E-state index in [4.69, 9.17) is 4.74 Å². The summed E-state index contributed by atoms with van der Waals surface area (Å²) in [5.41, 5.74) is 0.667. The quantitative estimate of drug-likeness (QED) is 0.334. The SMILES string of the molecule is CCOC(=O)C1CCCN(c2ccc(I)cc2[N+](=O)[O-])C1. The van der Waals surface area contributed by atoms with Crippen molar-refractivity contribution in [3.8, 4) is 0 Å². The highest BCUT2D eigenvalue weighted by atomic mass is 127. The Kier molecular flexibility index (Phi) is 5.38. The second-order valence-electron chi connectivity index (χ2n) is 4.93. The lowest BCUT2D eigenvalue weighted by atomic mass is 9.97. The van der Waals surface area contributed by atoms with E-state index in [1.807, 2.05) is 11.0 Å². The number of rotatable bonds is 4. The molecule has 1 aromatic carbocycles. The molecule has 1 atom stereocenters. The summed E-state index contributed by atoms with van der Waals surface area (Å²) < 4.78 is 5.88. The Bertz CT molecular complexity index is 550. The van der Waals surface area contributed by atoms with E-state index in [0.29, 0.717) is 18.8 Å². The molecule has 1 aliphatic rings. The van der Waals surface area contributed by atoms with Gasteiger partial charge < -0.3 is 9.64 Å². The topological polar surface area (TPSA) is 72.7 Å². The summed E-state index contributed by atoms with van der Waals surface area (Å²) >= 11 is 2.05. The Balaban J connectivity index is 2.22. The van der Waals surface area contributed by atoms with Crippen molar-refractivity contribution in [3.05, 3.63) is 31.9 Å². The van der Waals surface area contributed by atoms with Crippen molar-refractivity contribution in [1.29, 1.82) is 0 Å². The van der Waals surface area contributed by atoms with Crippen LogP contribution in [0.3, 0.4) is 0 Å². The molecular weight excluding hydrogens is 387 g/mol. The van der Waals surface area contributed by atoms with Crippen LogP contribution in [0.2, 0.25) is 0 Å². The first-order chi connectivity index (χ1) is 10.0. The van der Waals surface area contributed by atoms with Crippen molar-refractivity contribution in [1.82, 2.24) is 0 Å². The molecule has 0 bridgehead atoms. The zero-order valence-corrected chi connectivity index (χ0v) is 13.9. The maximum Gasteiger partial charge on any atom is 0.310 e. The van der Waals surface area contributed by atoms with Crippen molar-refractivity contribution >= 4 is 39.9 Å². The van der Waals surface area contributed by atoms with Gasteiger partial charge in [-0.25, -0.2) is 0 Å².